The summed E-state index contributed by atoms with van der Waals surface area (Å²) in [5, 5.41) is 2.23. The van der Waals surface area contributed by atoms with Crippen LogP contribution in [0.3, 0.4) is 0 Å². The smallest absolute Gasteiger partial charge is 0.138 e. The second kappa shape index (κ2) is 3.39. The molecule has 0 spiro atoms. The largest absolute Gasteiger partial charge is 0.464 e. The molecule has 82 valence electrons. The number of benzene rings is 1. The number of quaternary nitrogens is 1. The number of hydrogen-bond acceptors (Lipinski definition) is 2. The molecule has 0 amide bonds. The first kappa shape index (κ1) is 9.48. The summed E-state index contributed by atoms with van der Waals surface area (Å²) in [4.78, 5) is 0. The van der Waals surface area contributed by atoms with Crippen LogP contribution in [-0.4, -0.2) is 6.04 Å². The van der Waals surface area contributed by atoms with Crippen molar-refractivity contribution < 1.29 is 14.6 Å². The molecule has 2 heterocycles. The minimum atomic E-state index is 0.355. The Morgan fingerprint density at radius 1 is 1.25 bits per heavy atom. The van der Waals surface area contributed by atoms with E-state index in [1.807, 2.05) is 18.2 Å². The lowest BCUT2D eigenvalue weighted by Crippen LogP contribution is -2.60. The Hall–Kier alpha value is -1.74. The molecule has 16 heavy (non-hydrogen) atoms. The third kappa shape index (κ3) is 1.32. The highest BCUT2D eigenvalue weighted by Crippen LogP contribution is 2.30. The molecule has 2 aromatic heterocycles. The standard InChI is InChI=1S/C13H13NO2/c1-8(14)6-11-10-3-5-15-12(10)7-9-2-4-16-13(9)11/h2-5,7-8H,6,14H2,1H3/p+1/t8-/m1/s1. The zero-order valence-corrected chi connectivity index (χ0v) is 9.19. The fourth-order valence-electron chi connectivity index (χ4n) is 2.17. The molecule has 0 aliphatic rings. The van der Waals surface area contributed by atoms with Gasteiger partial charge in [-0.1, -0.05) is 0 Å². The number of furan rings is 2. The normalized spacial score (nSPS) is 13.6. The Labute approximate surface area is 92.8 Å². The summed E-state index contributed by atoms with van der Waals surface area (Å²) in [6, 6.07) is 6.34. The summed E-state index contributed by atoms with van der Waals surface area (Å²) in [6.45, 7) is 2.10. The van der Waals surface area contributed by atoms with Gasteiger partial charge in [0, 0.05) is 22.8 Å². The Morgan fingerprint density at radius 2 is 2.06 bits per heavy atom. The van der Waals surface area contributed by atoms with Gasteiger partial charge >= 0.3 is 0 Å². The van der Waals surface area contributed by atoms with Gasteiger partial charge in [0.05, 0.1) is 18.6 Å². The van der Waals surface area contributed by atoms with E-state index in [9.17, 15) is 0 Å². The van der Waals surface area contributed by atoms with Crippen LogP contribution in [0.5, 0.6) is 0 Å². The summed E-state index contributed by atoms with van der Waals surface area (Å²) < 4.78 is 11.0. The predicted octanol–water partition coefficient (Wildman–Crippen LogP) is 2.35. The van der Waals surface area contributed by atoms with Gasteiger partial charge in [-0.05, 0) is 25.1 Å². The Balaban J connectivity index is 2.37. The molecule has 0 radical (unpaired) electrons. The van der Waals surface area contributed by atoms with Gasteiger partial charge in [0.2, 0.25) is 0 Å². The van der Waals surface area contributed by atoms with Crippen molar-refractivity contribution in [1.82, 2.24) is 0 Å². The van der Waals surface area contributed by atoms with Crippen molar-refractivity contribution in [3.63, 3.8) is 0 Å². The van der Waals surface area contributed by atoms with Gasteiger partial charge in [0.25, 0.3) is 0 Å². The second-order valence-electron chi connectivity index (χ2n) is 4.34. The van der Waals surface area contributed by atoms with E-state index in [4.69, 9.17) is 8.83 Å². The van der Waals surface area contributed by atoms with E-state index in [1.54, 1.807) is 12.5 Å². The minimum Gasteiger partial charge on any atom is -0.464 e. The molecule has 0 aliphatic carbocycles. The highest BCUT2D eigenvalue weighted by molar-refractivity contribution is 5.97. The van der Waals surface area contributed by atoms with Crippen molar-refractivity contribution in [2.24, 2.45) is 0 Å². The Bertz CT molecular complexity index is 585. The molecule has 0 saturated carbocycles. The van der Waals surface area contributed by atoms with Crippen LogP contribution in [-0.2, 0) is 6.42 Å². The predicted molar refractivity (Wildman–Crippen MR) is 62.0 cm³/mol. The first-order valence-corrected chi connectivity index (χ1v) is 5.45. The third-order valence-electron chi connectivity index (χ3n) is 2.83. The summed E-state index contributed by atoms with van der Waals surface area (Å²) >= 11 is 0. The van der Waals surface area contributed by atoms with Crippen molar-refractivity contribution >= 4 is 21.9 Å². The van der Waals surface area contributed by atoms with Crippen LogP contribution >= 0.6 is 0 Å². The molecule has 3 aromatic rings. The van der Waals surface area contributed by atoms with Crippen molar-refractivity contribution in [1.29, 1.82) is 0 Å². The van der Waals surface area contributed by atoms with Gasteiger partial charge < -0.3 is 14.6 Å². The summed E-state index contributed by atoms with van der Waals surface area (Å²) in [5.41, 5.74) is 7.13. The Kier molecular flexibility index (Phi) is 2.01. The first-order valence-electron chi connectivity index (χ1n) is 5.45. The van der Waals surface area contributed by atoms with Gasteiger partial charge in [-0.2, -0.15) is 0 Å². The molecule has 3 N–H and O–H groups in total. The Morgan fingerprint density at radius 3 is 2.88 bits per heavy atom. The molecule has 1 aromatic carbocycles. The number of hydrogen-bond donors (Lipinski definition) is 1. The first-order chi connectivity index (χ1) is 7.75. The molecule has 1 atom stereocenters. The molecule has 0 aliphatic heterocycles. The molecule has 3 rings (SSSR count). The lowest BCUT2D eigenvalue weighted by molar-refractivity contribution is -0.413. The van der Waals surface area contributed by atoms with E-state index >= 15 is 0 Å². The van der Waals surface area contributed by atoms with Crippen LogP contribution in [0.4, 0.5) is 0 Å². The highest BCUT2D eigenvalue weighted by Gasteiger charge is 2.14. The van der Waals surface area contributed by atoms with Crippen molar-refractivity contribution in [2.45, 2.75) is 19.4 Å². The molecular weight excluding hydrogens is 202 g/mol. The molecule has 0 saturated heterocycles. The average molecular weight is 216 g/mol. The zero-order chi connectivity index (χ0) is 11.1. The van der Waals surface area contributed by atoms with Crippen molar-refractivity contribution in [3.05, 3.63) is 36.3 Å². The van der Waals surface area contributed by atoms with Crippen LogP contribution in [0.2, 0.25) is 0 Å². The molecule has 3 nitrogen and oxygen atoms in total. The maximum Gasteiger partial charge on any atom is 0.138 e. The molecule has 0 bridgehead atoms. The van der Waals surface area contributed by atoms with E-state index in [1.165, 1.54) is 5.56 Å². The van der Waals surface area contributed by atoms with Crippen molar-refractivity contribution in [3.8, 4) is 0 Å². The van der Waals surface area contributed by atoms with Gasteiger partial charge in [-0.15, -0.1) is 0 Å². The van der Waals surface area contributed by atoms with E-state index in [-0.39, 0.29) is 0 Å². The highest BCUT2D eigenvalue weighted by atomic mass is 16.3. The van der Waals surface area contributed by atoms with Crippen LogP contribution < -0.4 is 5.73 Å². The topological polar surface area (TPSA) is 53.9 Å². The quantitative estimate of drug-likeness (QED) is 0.714. The number of fused-ring (bicyclic) bond motifs is 2. The minimum absolute atomic E-state index is 0.355. The molecule has 3 heteroatoms. The summed E-state index contributed by atoms with van der Waals surface area (Å²) in [6.07, 6.45) is 4.35. The van der Waals surface area contributed by atoms with Crippen LogP contribution in [0, 0.1) is 0 Å². The number of rotatable bonds is 2. The second-order valence-corrected chi connectivity index (χ2v) is 4.34. The SMILES string of the molecule is C[C@@H]([NH3+])Cc1c2ccoc2cc2ccoc12. The summed E-state index contributed by atoms with van der Waals surface area (Å²) in [7, 11) is 0. The van der Waals surface area contributed by atoms with Crippen LogP contribution in [0.1, 0.15) is 12.5 Å². The fourth-order valence-corrected chi connectivity index (χ4v) is 2.17. The lowest BCUT2D eigenvalue weighted by Gasteiger charge is -2.05. The van der Waals surface area contributed by atoms with Crippen LogP contribution in [0.15, 0.2) is 39.6 Å². The van der Waals surface area contributed by atoms with Crippen molar-refractivity contribution in [2.75, 3.05) is 0 Å². The van der Waals surface area contributed by atoms with E-state index in [0.29, 0.717) is 6.04 Å². The monoisotopic (exact) mass is 216 g/mol. The molecule has 0 fully saturated rings. The van der Waals surface area contributed by atoms with Gasteiger partial charge in [0.1, 0.15) is 11.2 Å². The van der Waals surface area contributed by atoms with E-state index in [0.717, 1.165) is 28.4 Å². The fraction of sp³-hybridized carbons (Fsp3) is 0.231. The summed E-state index contributed by atoms with van der Waals surface area (Å²) in [5.74, 6) is 0. The maximum absolute atomic E-state index is 5.56. The van der Waals surface area contributed by atoms with Gasteiger partial charge in [-0.3, -0.25) is 0 Å². The van der Waals surface area contributed by atoms with Crippen LogP contribution in [0.25, 0.3) is 21.9 Å². The maximum atomic E-state index is 5.56. The zero-order valence-electron chi connectivity index (χ0n) is 9.19. The molecule has 0 unspecified atom stereocenters. The van der Waals surface area contributed by atoms with E-state index in [2.05, 4.69) is 12.7 Å². The lowest BCUT2D eigenvalue weighted by atomic mass is 10.0. The molecular formula is C13H14NO2+. The average Bonchev–Trinajstić information content (AvgIpc) is 2.83. The van der Waals surface area contributed by atoms with Gasteiger partial charge in [-0.25, -0.2) is 0 Å². The third-order valence-corrected chi connectivity index (χ3v) is 2.83. The van der Waals surface area contributed by atoms with Gasteiger partial charge in [0.15, 0.2) is 0 Å². The van der Waals surface area contributed by atoms with E-state index < -0.39 is 0 Å².